The van der Waals surface area contributed by atoms with Gasteiger partial charge in [-0.15, -0.1) is 0 Å². The van der Waals surface area contributed by atoms with Crippen LogP contribution in [0.15, 0.2) is 131 Å². The van der Waals surface area contributed by atoms with Gasteiger partial charge in [0, 0.05) is 0 Å². The molecule has 0 heterocycles. The third kappa shape index (κ3) is 8.05. The van der Waals surface area contributed by atoms with Gasteiger partial charge in [0.1, 0.15) is 0 Å². The van der Waals surface area contributed by atoms with E-state index in [2.05, 4.69) is 143 Å². The van der Waals surface area contributed by atoms with Crippen LogP contribution in [-0.4, -0.2) is 23.5 Å². The van der Waals surface area contributed by atoms with Gasteiger partial charge in [0.05, 0.1) is 0 Å². The molecule has 0 bridgehead atoms. The van der Waals surface area contributed by atoms with Crippen molar-refractivity contribution in [1.82, 2.24) is 0 Å². The van der Waals surface area contributed by atoms with Crippen LogP contribution >= 0.6 is 0 Å². The van der Waals surface area contributed by atoms with Gasteiger partial charge < -0.3 is 0 Å². The van der Waals surface area contributed by atoms with E-state index >= 15 is 0 Å². The molecule has 0 spiro atoms. The molecule has 4 aromatic carbocycles. The van der Waals surface area contributed by atoms with Crippen molar-refractivity contribution in [3.63, 3.8) is 0 Å². The van der Waals surface area contributed by atoms with Crippen molar-refractivity contribution in [2.75, 3.05) is 0 Å². The van der Waals surface area contributed by atoms with Gasteiger partial charge >= 0.3 is 261 Å². The monoisotopic (exact) mass is 666 g/mol. The van der Waals surface area contributed by atoms with E-state index in [-0.39, 0.29) is 16.2 Å². The molecule has 0 saturated carbocycles. The first kappa shape index (κ1) is 32.3. The molecule has 0 aliphatic rings. The molecule has 1 atom stereocenters. The Kier molecular flexibility index (Phi) is 9.95. The van der Waals surface area contributed by atoms with E-state index in [4.69, 9.17) is 0 Å². The van der Waals surface area contributed by atoms with E-state index < -0.39 is 24.0 Å². The minimum atomic E-state index is -3.41. The molecule has 1 nitrogen and oxygen atoms in total. The number of hydrogen-bond acceptors (Lipinski definition) is 1. The molecule has 220 valence electrons. The van der Waals surface area contributed by atoms with Gasteiger partial charge in [0.25, 0.3) is 0 Å². The Morgan fingerprint density at radius 3 is 1.00 bits per heavy atom. The Balaban J connectivity index is 1.90. The number of rotatable bonds is 12. The zero-order valence-electron chi connectivity index (χ0n) is 26.8. The van der Waals surface area contributed by atoms with Crippen LogP contribution in [0.4, 0.5) is 0 Å². The fraction of sp³-hybridized carbons (Fsp3) is 0.350. The van der Waals surface area contributed by atoms with Crippen LogP contribution in [0.2, 0.25) is 13.3 Å². The Morgan fingerprint density at radius 1 is 0.452 bits per heavy atom. The van der Waals surface area contributed by atoms with Crippen molar-refractivity contribution in [3.05, 3.63) is 154 Å². The summed E-state index contributed by atoms with van der Waals surface area (Å²) in [5.74, 6) is 0. The van der Waals surface area contributed by atoms with Gasteiger partial charge in [-0.05, 0) is 0 Å². The second-order valence-corrected chi connectivity index (χ2v) is 26.2. The van der Waals surface area contributed by atoms with E-state index in [1.165, 1.54) is 16.7 Å². The van der Waals surface area contributed by atoms with Crippen molar-refractivity contribution >= 4 is 18.4 Å². The molecule has 0 saturated heterocycles. The van der Waals surface area contributed by atoms with Crippen LogP contribution in [0, 0.1) is 0 Å². The molecule has 0 amide bonds. The second-order valence-electron chi connectivity index (χ2n) is 14.5. The molecule has 4 aromatic rings. The van der Waals surface area contributed by atoms with Crippen LogP contribution < -0.4 is 0 Å². The van der Waals surface area contributed by atoms with E-state index in [9.17, 15) is 5.11 Å². The van der Waals surface area contributed by atoms with E-state index in [1.807, 2.05) is 37.3 Å². The van der Waals surface area contributed by atoms with Gasteiger partial charge in [-0.3, -0.25) is 0 Å². The summed E-state index contributed by atoms with van der Waals surface area (Å²) in [6, 6.07) is 43.3. The maximum absolute atomic E-state index is 11.8. The number of benzene rings is 4. The molecule has 4 rings (SSSR count). The van der Waals surface area contributed by atoms with Crippen molar-refractivity contribution in [2.24, 2.45) is 0 Å². The van der Waals surface area contributed by atoms with Gasteiger partial charge in [-0.1, -0.05) is 0 Å². The van der Waals surface area contributed by atoms with Crippen molar-refractivity contribution < 1.29 is 5.11 Å². The van der Waals surface area contributed by atoms with Crippen LogP contribution in [0.3, 0.4) is 0 Å². The Bertz CT molecular complexity index is 1290. The first-order chi connectivity index (χ1) is 19.7. The van der Waals surface area contributed by atoms with Crippen LogP contribution in [0.25, 0.3) is 0 Å². The number of aliphatic hydroxyl groups is 1. The summed E-state index contributed by atoms with van der Waals surface area (Å²) in [6.07, 6.45) is 2.17. The zero-order valence-corrected chi connectivity index (χ0v) is 29.6. The molecule has 42 heavy (non-hydrogen) atoms. The SMILES string of the molecule is CC(O)(/C=[CH]/[Sn]([CH2]C(C)(C)c1ccccc1)([CH2]C(C)(C)c1ccccc1)[CH2]C(C)(C)c1ccccc1)c1ccccc1. The van der Waals surface area contributed by atoms with E-state index in [0.717, 1.165) is 18.9 Å². The average Bonchev–Trinajstić information content (AvgIpc) is 2.97. The minimum absolute atomic E-state index is 0.000179. The molecular weight excluding hydrogens is 615 g/mol. The van der Waals surface area contributed by atoms with Gasteiger partial charge in [0.15, 0.2) is 0 Å². The van der Waals surface area contributed by atoms with Crippen LogP contribution in [0.5, 0.6) is 0 Å². The topological polar surface area (TPSA) is 20.2 Å². The molecule has 1 unspecified atom stereocenters. The average molecular weight is 666 g/mol. The predicted octanol–water partition coefficient (Wildman–Crippen LogP) is 10.4. The Morgan fingerprint density at radius 2 is 0.714 bits per heavy atom. The van der Waals surface area contributed by atoms with E-state index in [1.54, 1.807) is 0 Å². The standard InChI is InChI=1S/C10H11O.3C10H13.Sn/c1-3-10(2,11)9-7-5-4-6-8-9;3*1-10(2,3)9-7-5-4-6-8-9;/h1,3-8,11H,2H3;3*4-8H,1H2,2-3H3;. The zero-order chi connectivity index (χ0) is 30.5. The first-order valence-corrected chi connectivity index (χ1v) is 23.1. The Labute approximate surface area is 259 Å². The van der Waals surface area contributed by atoms with Gasteiger partial charge in [0.2, 0.25) is 0 Å². The fourth-order valence-electron chi connectivity index (χ4n) is 7.19. The predicted molar refractivity (Wildman–Crippen MR) is 184 cm³/mol. The summed E-state index contributed by atoms with van der Waals surface area (Å²) in [7, 11) is 0. The quantitative estimate of drug-likeness (QED) is 0.149. The molecule has 2 heteroatoms. The molecule has 1 N–H and O–H groups in total. The fourth-order valence-corrected chi connectivity index (χ4v) is 28.0. The number of hydrogen-bond donors (Lipinski definition) is 1. The van der Waals surface area contributed by atoms with Crippen molar-refractivity contribution in [1.29, 1.82) is 0 Å². The second kappa shape index (κ2) is 12.9. The van der Waals surface area contributed by atoms with Crippen LogP contribution in [0.1, 0.15) is 70.7 Å². The first-order valence-electron chi connectivity index (χ1n) is 15.4. The molecule has 0 aromatic heterocycles. The Hall–Kier alpha value is -2.62. The summed E-state index contributed by atoms with van der Waals surface area (Å²) < 4.78 is 6.06. The summed E-state index contributed by atoms with van der Waals surface area (Å²) in [5.41, 5.74) is 4.08. The summed E-state index contributed by atoms with van der Waals surface area (Å²) in [4.78, 5) is 0. The summed E-state index contributed by atoms with van der Waals surface area (Å²) in [5, 5.41) is 11.8. The normalized spacial score (nSPS) is 14.6. The molecular formula is C40H50OSn. The third-order valence-electron chi connectivity index (χ3n) is 9.17. The third-order valence-corrected chi connectivity index (χ3v) is 25.3. The molecule has 0 aliphatic carbocycles. The van der Waals surface area contributed by atoms with Gasteiger partial charge in [-0.2, -0.15) is 0 Å². The molecule has 0 radical (unpaired) electrons. The summed E-state index contributed by atoms with van der Waals surface area (Å²) in [6.45, 7) is 16.5. The molecule has 0 aliphatic heterocycles. The van der Waals surface area contributed by atoms with E-state index in [0.29, 0.717) is 0 Å². The molecule has 0 fully saturated rings. The van der Waals surface area contributed by atoms with Gasteiger partial charge in [-0.25, -0.2) is 0 Å². The van der Waals surface area contributed by atoms with Crippen molar-refractivity contribution in [2.45, 2.75) is 83.6 Å². The maximum atomic E-state index is 11.8. The van der Waals surface area contributed by atoms with Crippen molar-refractivity contribution in [3.8, 4) is 0 Å². The van der Waals surface area contributed by atoms with Crippen LogP contribution in [-0.2, 0) is 21.8 Å². The summed E-state index contributed by atoms with van der Waals surface area (Å²) >= 11 is -3.41.